The van der Waals surface area contributed by atoms with Crippen LogP contribution in [0.1, 0.15) is 45.5 Å². The summed E-state index contributed by atoms with van der Waals surface area (Å²) in [6, 6.07) is 16.1. The first kappa shape index (κ1) is 26.1. The van der Waals surface area contributed by atoms with Gasteiger partial charge in [0.25, 0.3) is 0 Å². The third kappa shape index (κ3) is 5.11. The lowest BCUT2D eigenvalue weighted by Crippen LogP contribution is -2.68. The molecule has 0 saturated heterocycles. The van der Waals surface area contributed by atoms with Crippen LogP contribution in [0, 0.1) is 10.2 Å². The highest BCUT2D eigenvalue weighted by Crippen LogP contribution is 2.42. The quantitative estimate of drug-likeness (QED) is 0.301. The Morgan fingerprint density at radius 2 is 1.68 bits per heavy atom. The minimum atomic E-state index is -4.94. The molecule has 3 aromatic carbocycles. The molecule has 0 spiro atoms. The number of carboxylic acids is 1. The van der Waals surface area contributed by atoms with Gasteiger partial charge < -0.3 is 14.7 Å². The number of ether oxygens (including phenoxy) is 1. The smallest absolute Gasteiger partial charge is 0.336 e. The Hall–Kier alpha value is -3.47. The Labute approximate surface area is 221 Å². The van der Waals surface area contributed by atoms with Crippen molar-refractivity contribution in [3.05, 3.63) is 86.9 Å². The predicted molar refractivity (Wildman–Crippen MR) is 129 cm³/mol. The van der Waals surface area contributed by atoms with Gasteiger partial charge in [0.1, 0.15) is 25.1 Å². The molecular formula is C28H27ClN2O7. The summed E-state index contributed by atoms with van der Waals surface area (Å²) < 4.78 is 42.8. The second-order valence-electron chi connectivity index (χ2n) is 9.71. The zero-order valence-corrected chi connectivity index (χ0v) is 21.8. The van der Waals surface area contributed by atoms with Gasteiger partial charge in [-0.15, -0.1) is 10.2 Å². The average molecular weight is 539 g/mol. The summed E-state index contributed by atoms with van der Waals surface area (Å²) in [7, 11) is -0.701. The van der Waals surface area contributed by atoms with Crippen LogP contribution in [-0.2, 0) is 12.8 Å². The first-order chi connectivity index (χ1) is 18.0. The van der Waals surface area contributed by atoms with Crippen LogP contribution in [0.15, 0.2) is 48.5 Å². The highest BCUT2D eigenvalue weighted by atomic mass is 35.7. The van der Waals surface area contributed by atoms with E-state index in [0.29, 0.717) is 5.56 Å². The standard InChI is InChI=1S/C28H26N2O3.ClHO4/c1-29-11-5-7-17-13-21-25(15-23(17)29)33-26-16-24-18(8-6-12-30(24)2)14-22(26)27(21)19-9-3-4-10-20(19)28(31)32;2-1(3,4)5/h3-4,9-10,13-16H,5-8,11-12H2,1-2H3;(H,2,3,4,5). The number of benzene rings is 3. The van der Waals surface area contributed by atoms with E-state index < -0.39 is 16.2 Å². The first-order valence-electron chi connectivity index (χ1n) is 12.3. The minimum absolute atomic E-state index is 0.316. The Morgan fingerprint density at radius 1 is 0.974 bits per heavy atom. The van der Waals surface area contributed by atoms with Gasteiger partial charge in [0.15, 0.2) is 0 Å². The molecule has 0 aromatic heterocycles. The van der Waals surface area contributed by atoms with E-state index in [1.165, 1.54) is 22.2 Å². The van der Waals surface area contributed by atoms with Crippen LogP contribution in [0.5, 0.6) is 11.5 Å². The largest absolute Gasteiger partial charge is 0.478 e. The van der Waals surface area contributed by atoms with E-state index in [9.17, 15) is 9.90 Å². The monoisotopic (exact) mass is 538 g/mol. The highest BCUT2D eigenvalue weighted by molar-refractivity contribution is 5.98. The van der Waals surface area contributed by atoms with Crippen molar-refractivity contribution in [1.82, 2.24) is 4.58 Å². The molecule has 0 bridgehead atoms. The summed E-state index contributed by atoms with van der Waals surface area (Å²) in [6.45, 7) is 2.05. The van der Waals surface area contributed by atoms with Crippen LogP contribution in [-0.4, -0.2) is 38.3 Å². The van der Waals surface area contributed by atoms with E-state index in [0.717, 1.165) is 72.2 Å². The van der Waals surface area contributed by atoms with Crippen molar-refractivity contribution in [2.24, 2.45) is 0 Å². The Kier molecular flexibility index (Phi) is 6.89. The van der Waals surface area contributed by atoms with Crippen molar-refractivity contribution in [2.75, 3.05) is 32.1 Å². The molecule has 38 heavy (non-hydrogen) atoms. The van der Waals surface area contributed by atoms with Crippen LogP contribution >= 0.6 is 0 Å². The number of fused-ring (bicyclic) bond motifs is 4. The minimum Gasteiger partial charge on any atom is -0.478 e. The lowest BCUT2D eigenvalue weighted by Gasteiger charge is -2.31. The number of halogens is 1. The number of aryl methyl sites for hydroxylation is 2. The van der Waals surface area contributed by atoms with E-state index in [1.54, 1.807) is 12.1 Å². The molecule has 6 rings (SSSR count). The fourth-order valence-electron chi connectivity index (χ4n) is 5.59. The summed E-state index contributed by atoms with van der Waals surface area (Å²) in [4.78, 5) is 14.5. The Bertz CT molecular complexity index is 1560. The van der Waals surface area contributed by atoms with Crippen molar-refractivity contribution in [3.8, 4) is 11.5 Å². The number of anilines is 1. The molecule has 0 amide bonds. The molecule has 0 unspecified atom stereocenters. The number of hydrogen-bond donors (Lipinski definition) is 1. The first-order valence-corrected chi connectivity index (χ1v) is 13.5. The number of carboxylic acid groups (broad SMARTS) is 1. The molecule has 0 aliphatic carbocycles. The fourth-order valence-corrected chi connectivity index (χ4v) is 5.59. The molecule has 0 atom stereocenters. The topological polar surface area (TPSA) is 145 Å². The zero-order chi connectivity index (χ0) is 27.2. The Morgan fingerprint density at radius 3 is 2.42 bits per heavy atom. The third-order valence-electron chi connectivity index (χ3n) is 7.25. The lowest BCUT2D eigenvalue weighted by molar-refractivity contribution is -2.00. The van der Waals surface area contributed by atoms with Gasteiger partial charge in [-0.2, -0.15) is 0 Å². The molecule has 3 heterocycles. The molecule has 0 fully saturated rings. The normalized spacial score (nSPS) is 15.8. The van der Waals surface area contributed by atoms with Crippen molar-refractivity contribution in [1.29, 1.82) is 0 Å². The molecule has 1 N–H and O–H groups in total. The lowest BCUT2D eigenvalue weighted by atomic mass is 9.86. The van der Waals surface area contributed by atoms with Gasteiger partial charge >= 0.3 is 5.97 Å². The molecule has 198 valence electrons. The number of aromatic carboxylic acids is 1. The molecular weight excluding hydrogens is 512 g/mol. The van der Waals surface area contributed by atoms with E-state index in [4.69, 9.17) is 23.4 Å². The van der Waals surface area contributed by atoms with E-state index >= 15 is 0 Å². The van der Waals surface area contributed by atoms with Crippen LogP contribution in [0.25, 0.3) is 5.57 Å². The van der Waals surface area contributed by atoms with E-state index in [1.807, 2.05) is 12.1 Å². The van der Waals surface area contributed by atoms with Gasteiger partial charge in [-0.25, -0.2) is 28.0 Å². The van der Waals surface area contributed by atoms with Gasteiger partial charge in [0.2, 0.25) is 5.36 Å². The number of hydrogen-bond acceptors (Lipinski definition) is 7. The summed E-state index contributed by atoms with van der Waals surface area (Å²) in [5, 5.41) is 12.2. The third-order valence-corrected chi connectivity index (χ3v) is 7.25. The molecule has 0 radical (unpaired) electrons. The Balaban J connectivity index is 0.000000540. The molecule has 0 saturated carbocycles. The number of carbonyl (C=O) groups is 1. The molecule has 3 aromatic rings. The van der Waals surface area contributed by atoms with Crippen molar-refractivity contribution < 1.29 is 43.5 Å². The highest BCUT2D eigenvalue weighted by Gasteiger charge is 2.28. The summed E-state index contributed by atoms with van der Waals surface area (Å²) in [5.74, 6) is 0.676. The van der Waals surface area contributed by atoms with Gasteiger partial charge in [-0.05, 0) is 48.6 Å². The maximum Gasteiger partial charge on any atom is 0.336 e. The molecule has 3 aliphatic rings. The second kappa shape index (κ2) is 10.0. The van der Waals surface area contributed by atoms with Crippen LogP contribution in [0.3, 0.4) is 0 Å². The molecule has 9 nitrogen and oxygen atoms in total. The van der Waals surface area contributed by atoms with Crippen molar-refractivity contribution in [3.63, 3.8) is 0 Å². The predicted octanol–water partition coefficient (Wildman–Crippen LogP) is -1.57. The summed E-state index contributed by atoms with van der Waals surface area (Å²) in [5.41, 5.74) is 6.77. The zero-order valence-electron chi connectivity index (χ0n) is 21.0. The summed E-state index contributed by atoms with van der Waals surface area (Å²) >= 11 is 0. The molecule has 3 aliphatic heterocycles. The van der Waals surface area contributed by atoms with E-state index in [-0.39, 0.29) is 0 Å². The van der Waals surface area contributed by atoms with Crippen molar-refractivity contribution in [2.45, 2.75) is 25.7 Å². The summed E-state index contributed by atoms with van der Waals surface area (Å²) in [6.07, 6.45) is 4.26. The van der Waals surface area contributed by atoms with E-state index in [2.05, 4.69) is 47.8 Å². The number of rotatable bonds is 2. The van der Waals surface area contributed by atoms with Crippen molar-refractivity contribution >= 4 is 17.2 Å². The van der Waals surface area contributed by atoms with Gasteiger partial charge in [0.05, 0.1) is 11.6 Å². The van der Waals surface area contributed by atoms with Crippen LogP contribution < -0.4 is 43.4 Å². The number of nitrogens with zero attached hydrogens (tertiary/aromatic N) is 2. The molecule has 10 heteroatoms. The van der Waals surface area contributed by atoms with Crippen LogP contribution in [0.4, 0.5) is 5.69 Å². The van der Waals surface area contributed by atoms with Crippen LogP contribution in [0.2, 0.25) is 0 Å². The van der Waals surface area contributed by atoms with Gasteiger partial charge in [0, 0.05) is 53.7 Å². The fraction of sp³-hybridized carbons (Fsp3) is 0.286. The second-order valence-corrected chi connectivity index (χ2v) is 10.5. The van der Waals surface area contributed by atoms with Gasteiger partial charge in [-0.1, -0.05) is 18.2 Å². The maximum absolute atomic E-state index is 12.2. The van der Waals surface area contributed by atoms with Gasteiger partial charge in [-0.3, -0.25) is 0 Å². The maximum atomic E-state index is 12.2. The average Bonchev–Trinajstić information content (AvgIpc) is 2.85. The SMILES string of the molecule is CN1CCCc2cc3c(cc21)Oc1cc2c(cc1=C3c1ccccc1C(=O)O)CCC[N+]=2C.[O-][Cl+3]([O-])([O-])[O-].